The van der Waals surface area contributed by atoms with Gasteiger partial charge in [0.1, 0.15) is 30.2 Å². The Morgan fingerprint density at radius 1 is 0.867 bits per heavy atom. The van der Waals surface area contributed by atoms with Crippen LogP contribution in [0.4, 0.5) is 0 Å². The summed E-state index contributed by atoms with van der Waals surface area (Å²) in [6, 6.07) is -7.45. The lowest BCUT2D eigenvalue weighted by Crippen LogP contribution is -2.60. The number of aliphatic hydroxyl groups excluding tert-OH is 3. The number of nitrogens with one attached hydrogen (secondary N) is 7. The molecule has 0 saturated carbocycles. The predicted molar refractivity (Wildman–Crippen MR) is 215 cm³/mol. The number of rotatable bonds is 26. The van der Waals surface area contributed by atoms with Crippen molar-refractivity contribution in [3.63, 3.8) is 0 Å². The van der Waals surface area contributed by atoms with Crippen molar-refractivity contribution in [2.75, 3.05) is 32.0 Å². The minimum atomic E-state index is -2.10. The highest BCUT2D eigenvalue weighted by molar-refractivity contribution is 7.89. The van der Waals surface area contributed by atoms with E-state index in [0.29, 0.717) is 12.1 Å². The molecule has 24 heteroatoms. The lowest BCUT2D eigenvalue weighted by molar-refractivity contribution is -0.143. The fourth-order valence-corrected chi connectivity index (χ4v) is 6.83. The zero-order chi connectivity index (χ0) is 46.0. The van der Waals surface area contributed by atoms with Crippen molar-refractivity contribution in [1.82, 2.24) is 42.1 Å². The van der Waals surface area contributed by atoms with Crippen molar-refractivity contribution in [3.8, 4) is 0 Å². The highest BCUT2D eigenvalue weighted by Crippen LogP contribution is 2.22. The van der Waals surface area contributed by atoms with Crippen molar-refractivity contribution < 1.29 is 62.7 Å². The van der Waals surface area contributed by atoms with E-state index >= 15 is 0 Å². The van der Waals surface area contributed by atoms with E-state index in [1.54, 1.807) is 13.8 Å². The van der Waals surface area contributed by atoms with E-state index < -0.39 is 163 Å². The highest BCUT2D eigenvalue weighted by atomic mass is 32.2. The molecule has 1 rings (SSSR count). The number of likely N-dealkylation sites (tertiary alicyclic amines) is 1. The molecule has 1 aliphatic heterocycles. The second-order valence-corrected chi connectivity index (χ2v) is 16.0. The van der Waals surface area contributed by atoms with Crippen molar-refractivity contribution in [3.05, 3.63) is 23.9 Å². The van der Waals surface area contributed by atoms with E-state index in [9.17, 15) is 62.7 Å². The van der Waals surface area contributed by atoms with E-state index in [2.05, 4.69) is 50.4 Å². The van der Waals surface area contributed by atoms with Gasteiger partial charge in [0.25, 0.3) is 0 Å². The molecule has 338 valence electrons. The number of primary amides is 2. The molecule has 0 spiro atoms. The quantitative estimate of drug-likeness (QED) is 0.0386. The molecule has 0 aromatic heterocycles. The molecule has 0 bridgehead atoms. The molecule has 0 aliphatic carbocycles. The number of nitrogens with two attached hydrogens (primary N) is 2. The predicted octanol–water partition coefficient (Wildman–Crippen LogP) is -5.73. The largest absolute Gasteiger partial charge is 0.394 e. The lowest BCUT2D eigenvalue weighted by atomic mass is 9.95. The van der Waals surface area contributed by atoms with Gasteiger partial charge in [-0.25, -0.2) is 0 Å². The summed E-state index contributed by atoms with van der Waals surface area (Å²) >= 11 is 0. The number of aliphatic hydroxyl groups is 3. The summed E-state index contributed by atoms with van der Waals surface area (Å²) < 4.78 is 13.2. The first kappa shape index (κ1) is 52.6. The van der Waals surface area contributed by atoms with Gasteiger partial charge < -0.3 is 68.9 Å². The number of carbonyl (C=O) groups excluding carboxylic acids is 9. The first-order chi connectivity index (χ1) is 27.9. The minimum absolute atomic E-state index is 0.106. The first-order valence-electron chi connectivity index (χ1n) is 19.0. The van der Waals surface area contributed by atoms with Crippen LogP contribution in [0.25, 0.3) is 0 Å². The van der Waals surface area contributed by atoms with Crippen LogP contribution in [0.3, 0.4) is 0 Å². The average molecular weight is 873 g/mol. The minimum Gasteiger partial charge on any atom is -0.394 e. The summed E-state index contributed by atoms with van der Waals surface area (Å²) in [6.07, 6.45) is -3.57. The molecule has 1 unspecified atom stereocenters. The van der Waals surface area contributed by atoms with Crippen LogP contribution < -0.4 is 48.7 Å². The van der Waals surface area contributed by atoms with Crippen LogP contribution >= 0.6 is 0 Å². The molecule has 9 amide bonds. The molecule has 0 radical (unpaired) electrons. The lowest BCUT2D eigenvalue weighted by Gasteiger charge is -2.31. The summed E-state index contributed by atoms with van der Waals surface area (Å²) in [7, 11) is -2.10. The van der Waals surface area contributed by atoms with Gasteiger partial charge >= 0.3 is 0 Å². The maximum absolute atomic E-state index is 14.1. The molecule has 1 saturated heterocycles. The van der Waals surface area contributed by atoms with Crippen molar-refractivity contribution in [2.45, 2.75) is 103 Å². The van der Waals surface area contributed by atoms with Gasteiger partial charge in [-0.3, -0.25) is 47.4 Å². The fourth-order valence-electron chi connectivity index (χ4n) is 5.81. The Labute approximate surface area is 350 Å². The second kappa shape index (κ2) is 25.2. The molecule has 60 heavy (non-hydrogen) atoms. The Morgan fingerprint density at radius 3 is 2.00 bits per heavy atom. The second-order valence-electron chi connectivity index (χ2n) is 14.5. The van der Waals surface area contributed by atoms with Gasteiger partial charge in [0, 0.05) is 37.9 Å². The van der Waals surface area contributed by atoms with E-state index in [-0.39, 0.29) is 11.4 Å². The zero-order valence-corrected chi connectivity index (χ0v) is 35.2. The van der Waals surface area contributed by atoms with Crippen molar-refractivity contribution in [1.29, 1.82) is 0 Å². The fraction of sp³-hybridized carbons (Fsp3) is 0.639. The topological polar surface area (TPSA) is 371 Å². The van der Waals surface area contributed by atoms with E-state index in [1.165, 1.54) is 20.8 Å². The molecule has 14 N–H and O–H groups in total. The summed E-state index contributed by atoms with van der Waals surface area (Å²) in [6.45, 7) is 12.4. The summed E-state index contributed by atoms with van der Waals surface area (Å²) in [5, 5.41) is 46.7. The van der Waals surface area contributed by atoms with Crippen LogP contribution in [0.15, 0.2) is 23.9 Å². The zero-order valence-electron chi connectivity index (χ0n) is 34.4. The number of allylic oxidation sites excluding steroid dienone is 1. The maximum Gasteiger partial charge on any atom is 0.245 e. The molecule has 0 aromatic rings. The van der Waals surface area contributed by atoms with E-state index in [1.807, 2.05) is 0 Å². The number of nitrogens with zero attached hydrogens (tertiary/aromatic N) is 1. The molecular weight excluding hydrogens is 813 g/mol. The van der Waals surface area contributed by atoms with Gasteiger partial charge in [-0.1, -0.05) is 40.3 Å². The highest BCUT2D eigenvalue weighted by Gasteiger charge is 2.43. The third-order valence-corrected chi connectivity index (χ3v) is 10.7. The molecule has 1 aliphatic rings. The third kappa shape index (κ3) is 17.4. The van der Waals surface area contributed by atoms with Gasteiger partial charge in [0.05, 0.1) is 53.5 Å². The SMILES string of the molecule is C=C(C)NC(=C)S(=O)C[C@H](NC(=O)CNC(=O)[C@@H](NC(=O)CNC(C)=O)[C@@H](C)CC)C(=O)N[C@@H](CCC(N)=O)C(=O)N1C[C@H](O)C[C@H]1C(=O)N[C@H](C(N)=O)[C@@H](C)[C@@H](O)CO. The van der Waals surface area contributed by atoms with E-state index in [0.717, 1.165) is 4.90 Å². The number of carbonyl (C=O) groups is 9. The average Bonchev–Trinajstić information content (AvgIpc) is 3.58. The maximum atomic E-state index is 14.1. The van der Waals surface area contributed by atoms with Crippen LogP contribution in [0, 0.1) is 11.8 Å². The first-order valence-corrected chi connectivity index (χ1v) is 20.3. The smallest absolute Gasteiger partial charge is 0.245 e. The number of hydrogen-bond donors (Lipinski definition) is 12. The van der Waals surface area contributed by atoms with Crippen LogP contribution in [0.2, 0.25) is 0 Å². The van der Waals surface area contributed by atoms with Gasteiger partial charge in [0.15, 0.2) is 0 Å². The number of β-amino-alcohol motifs (C(OH)–C–C–N with tert-alkyl or cyclic N) is 1. The summed E-state index contributed by atoms with van der Waals surface area (Å²) in [4.78, 5) is 116. The Hall–Kier alpha value is -5.46. The third-order valence-electron chi connectivity index (χ3n) is 9.41. The molecule has 0 aromatic carbocycles. The van der Waals surface area contributed by atoms with Gasteiger partial charge in [-0.2, -0.15) is 0 Å². The molecular formula is C36H60N10O13S. The van der Waals surface area contributed by atoms with E-state index in [4.69, 9.17) is 11.5 Å². The standard InChI is InChI=1S/C36H60N10O13S/c1-8-18(4)30(44-29(53)12-39-20(6)48)35(57)40-13-28(52)42-24(16-60(59)21(7)41-17(2)3)33(55)43-23(9-10-27(37)51)36(58)46-14-22(49)11-25(46)34(56)45-31(32(38)54)19(5)26(50)15-47/h18-19,22-26,30-31,41,47,49-50H,2,7-16H2,1,3-6H3,(H2,37,51)(H2,38,54)(H,39,48)(H,40,57)(H,42,52)(H,43,55)(H,44,53)(H,45,56)/t18-,19-,22+,23-,24-,25-,26-,30-,31-,60?/m0/s1. The monoisotopic (exact) mass is 872 g/mol. The van der Waals surface area contributed by atoms with Gasteiger partial charge in [-0.15, -0.1) is 0 Å². The normalized spacial score (nSPS) is 18.7. The summed E-state index contributed by atoms with van der Waals surface area (Å²) in [5.74, 6) is -10.1. The number of amides is 9. The van der Waals surface area contributed by atoms with Crippen LogP contribution in [-0.2, 0) is 54.0 Å². The van der Waals surface area contributed by atoms with Crippen molar-refractivity contribution >= 4 is 64.0 Å². The van der Waals surface area contributed by atoms with Crippen LogP contribution in [0.1, 0.15) is 60.3 Å². The Morgan fingerprint density at radius 2 is 1.47 bits per heavy atom. The number of hydrogen-bond acceptors (Lipinski definition) is 14. The molecule has 10 atom stereocenters. The van der Waals surface area contributed by atoms with Gasteiger partial charge in [-0.05, 0) is 19.3 Å². The Balaban J connectivity index is 3.40. The van der Waals surface area contributed by atoms with Crippen LogP contribution in [0.5, 0.6) is 0 Å². The van der Waals surface area contributed by atoms with Crippen molar-refractivity contribution in [2.24, 2.45) is 23.3 Å². The summed E-state index contributed by atoms with van der Waals surface area (Å²) in [5.41, 5.74) is 11.1. The Bertz CT molecular complexity index is 1660. The molecule has 1 heterocycles. The Kier molecular flexibility index (Phi) is 22.1. The molecule has 23 nitrogen and oxygen atoms in total. The van der Waals surface area contributed by atoms with Gasteiger partial charge in [0.2, 0.25) is 53.2 Å². The molecule has 1 fully saturated rings. The van der Waals surface area contributed by atoms with Crippen LogP contribution in [-0.4, -0.2) is 152 Å².